The van der Waals surface area contributed by atoms with Gasteiger partial charge in [-0.3, -0.25) is 4.79 Å². The lowest BCUT2D eigenvalue weighted by Gasteiger charge is -2.17. The third-order valence-corrected chi connectivity index (χ3v) is 6.93. The maximum absolute atomic E-state index is 13.0. The molecule has 2 aromatic heterocycles. The van der Waals surface area contributed by atoms with Crippen LogP contribution < -0.4 is 5.32 Å². The van der Waals surface area contributed by atoms with Crippen LogP contribution in [0.3, 0.4) is 0 Å². The molecule has 2 aromatic carbocycles. The molecular weight excluding hydrogens is 418 g/mol. The zero-order valence-electron chi connectivity index (χ0n) is 18.2. The van der Waals surface area contributed by atoms with Crippen LogP contribution in [0, 0.1) is 13.8 Å². The molecule has 2 heterocycles. The van der Waals surface area contributed by atoms with Gasteiger partial charge >= 0.3 is 0 Å². The number of amides is 1. The van der Waals surface area contributed by atoms with Gasteiger partial charge in [0.25, 0.3) is 11.7 Å². The average molecular weight is 444 g/mol. The van der Waals surface area contributed by atoms with Crippen molar-refractivity contribution in [3.63, 3.8) is 0 Å². The van der Waals surface area contributed by atoms with Gasteiger partial charge in [0.1, 0.15) is 0 Å². The van der Waals surface area contributed by atoms with Crippen molar-refractivity contribution < 1.29 is 4.79 Å². The number of carbonyl (C=O) groups is 1. The fourth-order valence-electron chi connectivity index (χ4n) is 4.07. The van der Waals surface area contributed by atoms with E-state index in [0.29, 0.717) is 28.8 Å². The molecule has 0 radical (unpaired) electrons. The first-order valence-electron chi connectivity index (χ1n) is 10.8. The topological polar surface area (TPSA) is 72.2 Å². The van der Waals surface area contributed by atoms with Crippen LogP contribution in [0.15, 0.2) is 65.8 Å². The number of nitrogens with zero attached hydrogens (tertiary/aromatic N) is 4. The second-order valence-corrected chi connectivity index (χ2v) is 9.36. The largest absolute Gasteiger partial charge is 0.351 e. The average Bonchev–Trinajstić information content (AvgIpc) is 3.49. The van der Waals surface area contributed by atoms with E-state index in [1.165, 1.54) is 17.3 Å². The van der Waals surface area contributed by atoms with Gasteiger partial charge < -0.3 is 5.32 Å². The van der Waals surface area contributed by atoms with Crippen molar-refractivity contribution in [2.75, 3.05) is 6.54 Å². The molecule has 0 unspecified atom stereocenters. The van der Waals surface area contributed by atoms with E-state index in [4.69, 9.17) is 0 Å². The zero-order valence-corrected chi connectivity index (χ0v) is 19.0. The van der Waals surface area contributed by atoms with E-state index in [0.717, 1.165) is 29.8 Å². The maximum Gasteiger partial charge on any atom is 0.253 e. The van der Waals surface area contributed by atoms with E-state index < -0.39 is 0 Å². The number of thioether (sulfide) groups is 1. The summed E-state index contributed by atoms with van der Waals surface area (Å²) in [7, 11) is 0. The standard InChI is InChI=1S/C25H25N5OS/c1-17-14-18(2)30-23(27-17)28-24(29-30)32-15-19-8-6-7-11-21(19)22(31)26-16-25(12-13-25)20-9-4-3-5-10-20/h3-11,14H,12-13,15-16H2,1-2H3,(H,26,31). The molecular formula is C25H25N5OS. The van der Waals surface area contributed by atoms with E-state index >= 15 is 0 Å². The van der Waals surface area contributed by atoms with Gasteiger partial charge in [-0.1, -0.05) is 60.3 Å². The van der Waals surface area contributed by atoms with E-state index in [1.54, 1.807) is 4.52 Å². The molecule has 162 valence electrons. The monoisotopic (exact) mass is 443 g/mol. The van der Waals surface area contributed by atoms with Crippen LogP contribution in [0.2, 0.25) is 0 Å². The van der Waals surface area contributed by atoms with E-state index in [1.807, 2.05) is 50.2 Å². The lowest BCUT2D eigenvalue weighted by atomic mass is 9.96. The summed E-state index contributed by atoms with van der Waals surface area (Å²) in [5.74, 6) is 1.19. The smallest absolute Gasteiger partial charge is 0.253 e. The number of aromatic nitrogens is 4. The third kappa shape index (κ3) is 4.12. The summed E-state index contributed by atoms with van der Waals surface area (Å²) in [6.45, 7) is 4.61. The molecule has 1 N–H and O–H groups in total. The Morgan fingerprint density at radius 1 is 1.06 bits per heavy atom. The third-order valence-electron chi connectivity index (χ3n) is 6.04. The normalized spacial score (nSPS) is 14.4. The number of hydrogen-bond acceptors (Lipinski definition) is 5. The summed E-state index contributed by atoms with van der Waals surface area (Å²) < 4.78 is 1.76. The second kappa shape index (κ2) is 8.39. The molecule has 1 aliphatic carbocycles. The Balaban J connectivity index is 1.28. The Labute approximate surface area is 191 Å². The summed E-state index contributed by atoms with van der Waals surface area (Å²) in [6, 6.07) is 20.2. The highest BCUT2D eigenvalue weighted by molar-refractivity contribution is 7.98. The molecule has 0 bridgehead atoms. The lowest BCUT2D eigenvalue weighted by molar-refractivity contribution is 0.0949. The van der Waals surface area contributed by atoms with Gasteiger partial charge in [0.05, 0.1) is 0 Å². The number of hydrogen-bond donors (Lipinski definition) is 1. The first-order valence-corrected chi connectivity index (χ1v) is 11.8. The van der Waals surface area contributed by atoms with Crippen LogP contribution in [-0.4, -0.2) is 32.0 Å². The fraction of sp³-hybridized carbons (Fsp3) is 0.280. The van der Waals surface area contributed by atoms with Crippen LogP contribution in [0.25, 0.3) is 5.78 Å². The molecule has 1 amide bonds. The minimum Gasteiger partial charge on any atom is -0.351 e. The first-order chi connectivity index (χ1) is 15.5. The molecule has 4 aromatic rings. The van der Waals surface area contributed by atoms with Crippen LogP contribution in [0.1, 0.15) is 45.7 Å². The Kier molecular flexibility index (Phi) is 5.43. The van der Waals surface area contributed by atoms with Crippen LogP contribution in [0.4, 0.5) is 0 Å². The van der Waals surface area contributed by atoms with Crippen molar-refractivity contribution in [3.05, 3.63) is 88.7 Å². The predicted molar refractivity (Wildman–Crippen MR) is 126 cm³/mol. The Hall–Kier alpha value is -3.19. The van der Waals surface area contributed by atoms with Crippen LogP contribution in [0.5, 0.6) is 0 Å². The highest BCUT2D eigenvalue weighted by atomic mass is 32.2. The summed E-state index contributed by atoms with van der Waals surface area (Å²) in [6.07, 6.45) is 2.22. The van der Waals surface area contributed by atoms with Gasteiger partial charge in [-0.25, -0.2) is 9.50 Å². The van der Waals surface area contributed by atoms with Crippen LogP contribution >= 0.6 is 11.8 Å². The number of carbonyl (C=O) groups excluding carboxylic acids is 1. The van der Waals surface area contributed by atoms with Crippen molar-refractivity contribution in [3.8, 4) is 0 Å². The Morgan fingerprint density at radius 3 is 2.59 bits per heavy atom. The molecule has 0 saturated heterocycles. The molecule has 1 fully saturated rings. The minimum atomic E-state index is -0.0282. The van der Waals surface area contributed by atoms with Crippen molar-refractivity contribution >= 4 is 23.4 Å². The minimum absolute atomic E-state index is 0.0282. The Bertz CT molecular complexity index is 1280. The maximum atomic E-state index is 13.0. The van der Waals surface area contributed by atoms with Gasteiger partial charge in [-0.15, -0.1) is 5.10 Å². The second-order valence-electron chi connectivity index (χ2n) is 8.42. The molecule has 0 atom stereocenters. The lowest BCUT2D eigenvalue weighted by Crippen LogP contribution is -2.32. The zero-order chi connectivity index (χ0) is 22.1. The summed E-state index contributed by atoms with van der Waals surface area (Å²) in [4.78, 5) is 22.0. The SMILES string of the molecule is Cc1cc(C)n2nc(SCc3ccccc3C(=O)NCC3(c4ccccc4)CC3)nc2n1. The summed E-state index contributed by atoms with van der Waals surface area (Å²) in [5, 5.41) is 8.39. The highest BCUT2D eigenvalue weighted by Crippen LogP contribution is 2.47. The van der Waals surface area contributed by atoms with Crippen molar-refractivity contribution in [2.45, 2.75) is 43.0 Å². The van der Waals surface area contributed by atoms with Gasteiger partial charge in [-0.2, -0.15) is 4.98 Å². The molecule has 6 nitrogen and oxygen atoms in total. The van der Waals surface area contributed by atoms with Gasteiger partial charge in [-0.05, 0) is 49.9 Å². The highest BCUT2D eigenvalue weighted by Gasteiger charge is 2.44. The first kappa shape index (κ1) is 20.7. The molecule has 0 spiro atoms. The summed E-state index contributed by atoms with van der Waals surface area (Å²) in [5.41, 5.74) is 4.99. The molecule has 0 aliphatic heterocycles. The van der Waals surface area contributed by atoms with Gasteiger partial charge in [0, 0.05) is 34.7 Å². The number of rotatable bonds is 7. The van der Waals surface area contributed by atoms with Crippen LogP contribution in [-0.2, 0) is 11.2 Å². The van der Waals surface area contributed by atoms with Crippen molar-refractivity contribution in [1.29, 1.82) is 0 Å². The number of benzene rings is 2. The van der Waals surface area contributed by atoms with Crippen molar-refractivity contribution in [1.82, 2.24) is 24.9 Å². The molecule has 7 heteroatoms. The fourth-order valence-corrected chi connectivity index (χ4v) is 4.90. The van der Waals surface area contributed by atoms with E-state index in [9.17, 15) is 4.79 Å². The quantitative estimate of drug-likeness (QED) is 0.426. The van der Waals surface area contributed by atoms with Crippen molar-refractivity contribution in [2.24, 2.45) is 0 Å². The predicted octanol–water partition coefficient (Wildman–Crippen LogP) is 4.50. The molecule has 5 rings (SSSR count). The summed E-state index contributed by atoms with van der Waals surface area (Å²) >= 11 is 1.52. The molecule has 1 aliphatic rings. The van der Waals surface area contributed by atoms with E-state index in [2.05, 4.69) is 44.6 Å². The van der Waals surface area contributed by atoms with Gasteiger partial charge in [0.2, 0.25) is 5.16 Å². The Morgan fingerprint density at radius 2 is 1.81 bits per heavy atom. The number of nitrogens with one attached hydrogen (secondary N) is 1. The number of fused-ring (bicyclic) bond motifs is 1. The number of aryl methyl sites for hydroxylation is 2. The molecule has 1 saturated carbocycles. The van der Waals surface area contributed by atoms with Gasteiger partial charge in [0.15, 0.2) is 0 Å². The van der Waals surface area contributed by atoms with E-state index in [-0.39, 0.29) is 11.3 Å². The molecule has 32 heavy (non-hydrogen) atoms.